The number of ether oxygens (including phenoxy) is 2. The summed E-state index contributed by atoms with van der Waals surface area (Å²) < 4.78 is 11.5. The number of benzene rings is 2. The van der Waals surface area contributed by atoms with E-state index in [0.29, 0.717) is 0 Å². The maximum Gasteiger partial charge on any atom is 0.130 e. The van der Waals surface area contributed by atoms with E-state index >= 15 is 0 Å². The van der Waals surface area contributed by atoms with Gasteiger partial charge in [-0.3, -0.25) is 0 Å². The largest absolute Gasteiger partial charge is 0.457 e. The van der Waals surface area contributed by atoms with Crippen LogP contribution in [0.2, 0.25) is 0 Å². The third kappa shape index (κ3) is 5.07. The number of rotatable bonds is 7. The Bertz CT molecular complexity index is 741. The van der Waals surface area contributed by atoms with Gasteiger partial charge in [0.15, 0.2) is 0 Å². The molecule has 2 aromatic rings. The zero-order valence-electron chi connectivity index (χ0n) is 16.0. The number of hydrogen-bond donors (Lipinski definition) is 0. The second kappa shape index (κ2) is 8.67. The van der Waals surface area contributed by atoms with Gasteiger partial charge in [0.1, 0.15) is 11.5 Å². The van der Waals surface area contributed by atoms with Gasteiger partial charge in [-0.05, 0) is 68.7 Å². The summed E-state index contributed by atoms with van der Waals surface area (Å²) in [6, 6.07) is 12.1. The lowest BCUT2D eigenvalue weighted by molar-refractivity contribution is 0.119. The summed E-state index contributed by atoms with van der Waals surface area (Å²) in [7, 11) is 3.72. The maximum atomic E-state index is 6.11. The average molecular weight is 340 g/mol. The Morgan fingerprint density at radius 1 is 1.16 bits per heavy atom. The van der Waals surface area contributed by atoms with Gasteiger partial charge in [0.25, 0.3) is 0 Å². The Labute approximate surface area is 151 Å². The van der Waals surface area contributed by atoms with E-state index in [-0.39, 0.29) is 6.10 Å². The summed E-state index contributed by atoms with van der Waals surface area (Å²) in [5, 5.41) is 0. The van der Waals surface area contributed by atoms with Crippen LogP contribution >= 0.6 is 0 Å². The lowest BCUT2D eigenvalue weighted by Gasteiger charge is -2.14. The summed E-state index contributed by atoms with van der Waals surface area (Å²) in [6.45, 7) is 9.14. The van der Waals surface area contributed by atoms with Gasteiger partial charge in [-0.25, -0.2) is 4.99 Å². The van der Waals surface area contributed by atoms with Crippen LogP contribution in [0, 0.1) is 13.8 Å². The first-order valence-electron chi connectivity index (χ1n) is 8.60. The molecule has 4 nitrogen and oxygen atoms in total. The van der Waals surface area contributed by atoms with Crippen LogP contribution in [-0.2, 0) is 4.74 Å². The van der Waals surface area contributed by atoms with Crippen LogP contribution in [0.25, 0.3) is 0 Å². The molecule has 0 saturated carbocycles. The SMILES string of the molecule is CCN(C)/C=N\c1cc(C)c(Oc2cccc(C(C)OC)c2)cc1C. The molecule has 0 aliphatic carbocycles. The molecule has 1 atom stereocenters. The monoisotopic (exact) mass is 340 g/mol. The van der Waals surface area contributed by atoms with Gasteiger partial charge in [0.05, 0.1) is 18.1 Å². The highest BCUT2D eigenvalue weighted by Gasteiger charge is 2.09. The number of aryl methyl sites for hydroxylation is 2. The van der Waals surface area contributed by atoms with Crippen LogP contribution in [-0.4, -0.2) is 31.9 Å². The second-order valence-corrected chi connectivity index (χ2v) is 6.27. The average Bonchev–Trinajstić information content (AvgIpc) is 2.62. The molecule has 0 aliphatic rings. The van der Waals surface area contributed by atoms with E-state index in [4.69, 9.17) is 9.47 Å². The molecule has 0 amide bonds. The Morgan fingerprint density at radius 3 is 2.60 bits per heavy atom. The van der Waals surface area contributed by atoms with Crippen molar-refractivity contribution in [2.75, 3.05) is 20.7 Å². The van der Waals surface area contributed by atoms with E-state index in [1.54, 1.807) is 7.11 Å². The normalized spacial score (nSPS) is 12.4. The van der Waals surface area contributed by atoms with Crippen LogP contribution in [0.5, 0.6) is 11.5 Å². The maximum absolute atomic E-state index is 6.11. The molecule has 0 N–H and O–H groups in total. The van der Waals surface area contributed by atoms with Crippen LogP contribution in [0.15, 0.2) is 41.4 Å². The molecular formula is C21H28N2O2. The predicted octanol–water partition coefficient (Wildman–Crippen LogP) is 5.41. The molecule has 0 aliphatic heterocycles. The van der Waals surface area contributed by atoms with E-state index in [1.807, 2.05) is 69.4 Å². The van der Waals surface area contributed by atoms with Gasteiger partial charge < -0.3 is 14.4 Å². The quantitative estimate of drug-likeness (QED) is 0.499. The van der Waals surface area contributed by atoms with Gasteiger partial charge >= 0.3 is 0 Å². The van der Waals surface area contributed by atoms with Crippen molar-refractivity contribution in [3.63, 3.8) is 0 Å². The summed E-state index contributed by atoms with van der Waals surface area (Å²) in [5.41, 5.74) is 4.20. The van der Waals surface area contributed by atoms with Crippen molar-refractivity contribution in [1.82, 2.24) is 4.90 Å². The summed E-state index contributed by atoms with van der Waals surface area (Å²) in [5.74, 6) is 1.66. The first-order chi connectivity index (χ1) is 11.9. The fourth-order valence-corrected chi connectivity index (χ4v) is 2.36. The van der Waals surface area contributed by atoms with E-state index in [2.05, 4.69) is 18.0 Å². The third-order valence-electron chi connectivity index (χ3n) is 4.30. The van der Waals surface area contributed by atoms with Crippen LogP contribution in [0.1, 0.15) is 36.6 Å². The fraction of sp³-hybridized carbons (Fsp3) is 0.381. The molecule has 0 saturated heterocycles. The fourth-order valence-electron chi connectivity index (χ4n) is 2.36. The first kappa shape index (κ1) is 19.0. The first-order valence-corrected chi connectivity index (χ1v) is 8.60. The van der Waals surface area contributed by atoms with Gasteiger partial charge in [-0.15, -0.1) is 0 Å². The zero-order chi connectivity index (χ0) is 18.4. The molecule has 25 heavy (non-hydrogen) atoms. The van der Waals surface area contributed by atoms with Crippen molar-refractivity contribution in [3.05, 3.63) is 53.1 Å². The minimum atomic E-state index is 0.0404. The van der Waals surface area contributed by atoms with Gasteiger partial charge in [-0.1, -0.05) is 12.1 Å². The van der Waals surface area contributed by atoms with E-state index in [1.165, 1.54) is 0 Å². The minimum Gasteiger partial charge on any atom is -0.457 e. The van der Waals surface area contributed by atoms with Crippen molar-refractivity contribution >= 4 is 12.0 Å². The Balaban J connectivity index is 2.24. The number of methoxy groups -OCH3 is 1. The van der Waals surface area contributed by atoms with Gasteiger partial charge in [0, 0.05) is 20.7 Å². The molecule has 4 heteroatoms. The van der Waals surface area contributed by atoms with Crippen LogP contribution < -0.4 is 4.74 Å². The minimum absolute atomic E-state index is 0.0404. The van der Waals surface area contributed by atoms with E-state index < -0.39 is 0 Å². The lowest BCUT2D eigenvalue weighted by Crippen LogP contribution is -2.14. The molecule has 0 radical (unpaired) electrons. The third-order valence-corrected chi connectivity index (χ3v) is 4.30. The molecule has 0 bridgehead atoms. The second-order valence-electron chi connectivity index (χ2n) is 6.27. The molecule has 2 rings (SSSR count). The highest BCUT2D eigenvalue weighted by molar-refractivity contribution is 5.64. The Kier molecular flexibility index (Phi) is 6.59. The molecule has 134 valence electrons. The van der Waals surface area contributed by atoms with Crippen molar-refractivity contribution < 1.29 is 9.47 Å². The van der Waals surface area contributed by atoms with Gasteiger partial charge in [0.2, 0.25) is 0 Å². The Hall–Kier alpha value is -2.33. The molecule has 0 spiro atoms. The van der Waals surface area contributed by atoms with E-state index in [9.17, 15) is 0 Å². The molecule has 0 fully saturated rings. The van der Waals surface area contributed by atoms with Crippen LogP contribution in [0.3, 0.4) is 0 Å². The van der Waals surface area contributed by atoms with Gasteiger partial charge in [-0.2, -0.15) is 0 Å². The van der Waals surface area contributed by atoms with Crippen molar-refractivity contribution in [1.29, 1.82) is 0 Å². The molecule has 1 unspecified atom stereocenters. The molecule has 2 aromatic carbocycles. The molecule has 0 heterocycles. The summed E-state index contributed by atoms with van der Waals surface area (Å²) in [4.78, 5) is 6.61. The zero-order valence-corrected chi connectivity index (χ0v) is 16.0. The number of nitrogens with zero attached hydrogens (tertiary/aromatic N) is 2. The predicted molar refractivity (Wildman–Crippen MR) is 104 cm³/mol. The summed E-state index contributed by atoms with van der Waals surface area (Å²) >= 11 is 0. The standard InChI is InChI=1S/C21H28N2O2/c1-7-23(5)14-22-20-11-16(3)21(12-15(20)2)25-19-10-8-9-18(13-19)17(4)24-6/h8-14,17H,7H2,1-6H3/b22-14-. The number of hydrogen-bond acceptors (Lipinski definition) is 3. The lowest BCUT2D eigenvalue weighted by atomic mass is 10.1. The van der Waals surface area contributed by atoms with Crippen molar-refractivity contribution in [2.24, 2.45) is 4.99 Å². The molecular weight excluding hydrogens is 312 g/mol. The number of aliphatic imine (C=N–C) groups is 1. The highest BCUT2D eigenvalue weighted by atomic mass is 16.5. The summed E-state index contributed by atoms with van der Waals surface area (Å²) in [6.07, 6.45) is 1.90. The Morgan fingerprint density at radius 2 is 1.92 bits per heavy atom. The highest BCUT2D eigenvalue weighted by Crippen LogP contribution is 2.32. The molecule has 0 aromatic heterocycles. The van der Waals surface area contributed by atoms with Crippen molar-refractivity contribution in [2.45, 2.75) is 33.8 Å². The topological polar surface area (TPSA) is 34.1 Å². The van der Waals surface area contributed by atoms with Crippen molar-refractivity contribution in [3.8, 4) is 11.5 Å². The smallest absolute Gasteiger partial charge is 0.130 e. The van der Waals surface area contributed by atoms with E-state index in [0.717, 1.165) is 40.4 Å². The van der Waals surface area contributed by atoms with Crippen LogP contribution in [0.4, 0.5) is 5.69 Å².